The maximum Gasteiger partial charge on any atom is 0.254 e. The van der Waals surface area contributed by atoms with Crippen LogP contribution in [0, 0.1) is 0 Å². The van der Waals surface area contributed by atoms with Gasteiger partial charge in [-0.2, -0.15) is 0 Å². The Bertz CT molecular complexity index is 834. The number of morpholine rings is 1. The standard InChI is InChI=1S/C22H25NO4/c1-14-12-23(13-15(2)27-14)22(25)18-7-5-17(6-8-18)19-9-10-21(26-4)20(11-19)16(3)24/h5-11,14-15H,12-13H2,1-4H3/t14-,15+. The van der Waals surface area contributed by atoms with Crippen molar-refractivity contribution in [3.05, 3.63) is 53.6 Å². The van der Waals surface area contributed by atoms with Gasteiger partial charge in [-0.15, -0.1) is 0 Å². The number of methoxy groups -OCH3 is 1. The van der Waals surface area contributed by atoms with Crippen LogP contribution in [0.25, 0.3) is 11.1 Å². The molecule has 0 radical (unpaired) electrons. The molecular weight excluding hydrogens is 342 g/mol. The van der Waals surface area contributed by atoms with Crippen molar-refractivity contribution in [1.29, 1.82) is 0 Å². The molecule has 0 unspecified atom stereocenters. The second-order valence-corrected chi connectivity index (χ2v) is 7.02. The van der Waals surface area contributed by atoms with E-state index in [2.05, 4.69) is 0 Å². The fourth-order valence-corrected chi connectivity index (χ4v) is 3.49. The summed E-state index contributed by atoms with van der Waals surface area (Å²) < 4.78 is 10.9. The number of nitrogens with zero attached hydrogens (tertiary/aromatic N) is 1. The summed E-state index contributed by atoms with van der Waals surface area (Å²) in [5.41, 5.74) is 3.06. The Morgan fingerprint density at radius 3 is 2.15 bits per heavy atom. The van der Waals surface area contributed by atoms with Gasteiger partial charge in [-0.3, -0.25) is 9.59 Å². The van der Waals surface area contributed by atoms with E-state index < -0.39 is 0 Å². The third-order valence-electron chi connectivity index (χ3n) is 4.75. The van der Waals surface area contributed by atoms with Crippen molar-refractivity contribution < 1.29 is 19.1 Å². The summed E-state index contributed by atoms with van der Waals surface area (Å²) in [6, 6.07) is 13.0. The number of carbonyl (C=O) groups excluding carboxylic acids is 2. The van der Waals surface area contributed by atoms with E-state index in [1.807, 2.05) is 55.1 Å². The molecule has 2 aromatic rings. The summed E-state index contributed by atoms with van der Waals surface area (Å²) in [6.07, 6.45) is 0.0857. The fourth-order valence-electron chi connectivity index (χ4n) is 3.49. The van der Waals surface area contributed by atoms with E-state index in [9.17, 15) is 9.59 Å². The molecular formula is C22H25NO4. The molecule has 5 nitrogen and oxygen atoms in total. The highest BCUT2D eigenvalue weighted by Crippen LogP contribution is 2.27. The van der Waals surface area contributed by atoms with Crippen molar-refractivity contribution in [2.45, 2.75) is 33.0 Å². The van der Waals surface area contributed by atoms with E-state index in [1.54, 1.807) is 13.2 Å². The SMILES string of the molecule is COc1ccc(-c2ccc(C(=O)N3C[C@@H](C)O[C@@H](C)C3)cc2)cc1C(C)=O. The number of rotatable bonds is 4. The molecule has 1 heterocycles. The van der Waals surface area contributed by atoms with Gasteiger partial charge in [0.1, 0.15) is 5.75 Å². The van der Waals surface area contributed by atoms with E-state index in [1.165, 1.54) is 6.92 Å². The molecule has 0 aromatic heterocycles. The Morgan fingerprint density at radius 1 is 1.00 bits per heavy atom. The van der Waals surface area contributed by atoms with Crippen LogP contribution in [0.1, 0.15) is 41.5 Å². The fraction of sp³-hybridized carbons (Fsp3) is 0.364. The average Bonchev–Trinajstić information content (AvgIpc) is 2.66. The monoisotopic (exact) mass is 367 g/mol. The zero-order valence-corrected chi connectivity index (χ0v) is 16.2. The van der Waals surface area contributed by atoms with Gasteiger partial charge in [0.05, 0.1) is 24.9 Å². The predicted molar refractivity (Wildman–Crippen MR) is 104 cm³/mol. The zero-order chi connectivity index (χ0) is 19.6. The lowest BCUT2D eigenvalue weighted by atomic mass is 9.99. The molecule has 0 saturated carbocycles. The maximum atomic E-state index is 12.8. The first kappa shape index (κ1) is 19.1. The number of benzene rings is 2. The molecule has 0 spiro atoms. The quantitative estimate of drug-likeness (QED) is 0.771. The second kappa shape index (κ2) is 7.92. The third kappa shape index (κ3) is 4.19. The van der Waals surface area contributed by atoms with Crippen molar-refractivity contribution in [3.63, 3.8) is 0 Å². The van der Waals surface area contributed by atoms with Crippen molar-refractivity contribution >= 4 is 11.7 Å². The number of hydrogen-bond acceptors (Lipinski definition) is 4. The van der Waals surface area contributed by atoms with Gasteiger partial charge in [-0.05, 0) is 56.2 Å². The van der Waals surface area contributed by atoms with Gasteiger partial charge in [0.25, 0.3) is 5.91 Å². The molecule has 0 N–H and O–H groups in total. The van der Waals surface area contributed by atoms with Gasteiger partial charge in [0, 0.05) is 18.7 Å². The summed E-state index contributed by atoms with van der Waals surface area (Å²) in [5.74, 6) is 0.535. The van der Waals surface area contributed by atoms with Crippen molar-refractivity contribution in [2.24, 2.45) is 0 Å². The Morgan fingerprint density at radius 2 is 1.59 bits per heavy atom. The Labute approximate surface area is 159 Å². The minimum absolute atomic E-state index is 0.0164. The number of ether oxygens (including phenoxy) is 2. The van der Waals surface area contributed by atoms with Crippen LogP contribution in [0.4, 0.5) is 0 Å². The first-order valence-corrected chi connectivity index (χ1v) is 9.13. The lowest BCUT2D eigenvalue weighted by molar-refractivity contribution is -0.0586. The summed E-state index contributed by atoms with van der Waals surface area (Å²) in [7, 11) is 1.55. The van der Waals surface area contributed by atoms with Crippen molar-refractivity contribution in [3.8, 4) is 16.9 Å². The number of Topliss-reactive ketones (excluding diaryl/α,β-unsaturated/α-hetero) is 1. The molecule has 3 rings (SSSR count). The van der Waals surface area contributed by atoms with Crippen molar-refractivity contribution in [1.82, 2.24) is 4.90 Å². The molecule has 27 heavy (non-hydrogen) atoms. The average molecular weight is 367 g/mol. The van der Waals surface area contributed by atoms with E-state index in [-0.39, 0.29) is 23.9 Å². The maximum absolute atomic E-state index is 12.8. The number of carbonyl (C=O) groups is 2. The predicted octanol–water partition coefficient (Wildman–Crippen LogP) is 3.81. The van der Waals surface area contributed by atoms with Crippen LogP contribution < -0.4 is 4.74 Å². The molecule has 1 aliphatic heterocycles. The van der Waals surface area contributed by atoms with Gasteiger partial charge >= 0.3 is 0 Å². The minimum atomic E-state index is -0.0453. The molecule has 1 fully saturated rings. The van der Waals surface area contributed by atoms with E-state index in [0.717, 1.165) is 11.1 Å². The first-order chi connectivity index (χ1) is 12.9. The number of hydrogen-bond donors (Lipinski definition) is 0. The molecule has 1 saturated heterocycles. The van der Waals surface area contributed by atoms with Gasteiger partial charge in [-0.25, -0.2) is 0 Å². The molecule has 0 aliphatic carbocycles. The van der Waals surface area contributed by atoms with E-state index >= 15 is 0 Å². The van der Waals surface area contributed by atoms with E-state index in [0.29, 0.717) is 30.0 Å². The molecule has 1 aliphatic rings. The Kier molecular flexibility index (Phi) is 5.61. The summed E-state index contributed by atoms with van der Waals surface area (Å²) in [4.78, 5) is 26.5. The van der Waals surface area contributed by atoms with E-state index in [4.69, 9.17) is 9.47 Å². The molecule has 142 valence electrons. The van der Waals surface area contributed by atoms with Crippen LogP contribution in [0.15, 0.2) is 42.5 Å². The number of amides is 1. The van der Waals surface area contributed by atoms with Crippen LogP contribution in [0.3, 0.4) is 0 Å². The molecule has 0 bridgehead atoms. The summed E-state index contributed by atoms with van der Waals surface area (Å²) >= 11 is 0. The minimum Gasteiger partial charge on any atom is -0.496 e. The highest BCUT2D eigenvalue weighted by atomic mass is 16.5. The Hall–Kier alpha value is -2.66. The lowest BCUT2D eigenvalue weighted by Crippen LogP contribution is -2.48. The van der Waals surface area contributed by atoms with Crippen LogP contribution in [0.5, 0.6) is 5.75 Å². The van der Waals surface area contributed by atoms with Crippen molar-refractivity contribution in [2.75, 3.05) is 20.2 Å². The van der Waals surface area contributed by atoms with Gasteiger partial charge < -0.3 is 14.4 Å². The lowest BCUT2D eigenvalue weighted by Gasteiger charge is -2.35. The number of ketones is 1. The van der Waals surface area contributed by atoms with Crippen LogP contribution in [0.2, 0.25) is 0 Å². The van der Waals surface area contributed by atoms with Gasteiger partial charge in [0.2, 0.25) is 0 Å². The smallest absolute Gasteiger partial charge is 0.254 e. The van der Waals surface area contributed by atoms with Gasteiger partial charge in [-0.1, -0.05) is 18.2 Å². The highest BCUT2D eigenvalue weighted by Gasteiger charge is 2.26. The largest absolute Gasteiger partial charge is 0.496 e. The van der Waals surface area contributed by atoms with Gasteiger partial charge in [0.15, 0.2) is 5.78 Å². The summed E-state index contributed by atoms with van der Waals surface area (Å²) in [5, 5.41) is 0. The van der Waals surface area contributed by atoms with Crippen LogP contribution in [-0.4, -0.2) is 49.0 Å². The normalized spacial score (nSPS) is 19.6. The second-order valence-electron chi connectivity index (χ2n) is 7.02. The first-order valence-electron chi connectivity index (χ1n) is 9.13. The Balaban J connectivity index is 1.82. The zero-order valence-electron chi connectivity index (χ0n) is 16.2. The highest BCUT2D eigenvalue weighted by molar-refractivity contribution is 5.98. The molecule has 5 heteroatoms. The third-order valence-corrected chi connectivity index (χ3v) is 4.75. The molecule has 1 amide bonds. The topological polar surface area (TPSA) is 55.8 Å². The summed E-state index contributed by atoms with van der Waals surface area (Å²) in [6.45, 7) is 6.69. The van der Waals surface area contributed by atoms with Crippen LogP contribution in [-0.2, 0) is 4.74 Å². The van der Waals surface area contributed by atoms with Crippen LogP contribution >= 0.6 is 0 Å². The molecule has 2 atom stereocenters. The molecule has 2 aromatic carbocycles.